The zero-order valence-electron chi connectivity index (χ0n) is 14.4. The third kappa shape index (κ3) is 2.79. The van der Waals surface area contributed by atoms with Crippen LogP contribution in [0.3, 0.4) is 0 Å². The van der Waals surface area contributed by atoms with Crippen molar-refractivity contribution in [3.63, 3.8) is 0 Å². The van der Waals surface area contributed by atoms with E-state index in [1.54, 1.807) is 6.20 Å². The highest BCUT2D eigenvalue weighted by Gasteiger charge is 2.17. The van der Waals surface area contributed by atoms with Crippen molar-refractivity contribution in [3.8, 4) is 11.3 Å². The number of oxazole rings is 1. The highest BCUT2D eigenvalue weighted by Crippen LogP contribution is 2.26. The molecule has 0 atom stereocenters. The highest BCUT2D eigenvalue weighted by atomic mass is 16.4. The quantitative estimate of drug-likeness (QED) is 0.382. The molecule has 5 aromatic rings. The molecule has 0 aliphatic carbocycles. The Kier molecular flexibility index (Phi) is 3.58. The lowest BCUT2D eigenvalue weighted by atomic mass is 10.0. The van der Waals surface area contributed by atoms with Crippen molar-refractivity contribution in [1.82, 2.24) is 4.98 Å². The molecule has 0 spiro atoms. The van der Waals surface area contributed by atoms with E-state index in [4.69, 9.17) is 4.42 Å². The second-order valence-electron chi connectivity index (χ2n) is 6.48. The van der Waals surface area contributed by atoms with Gasteiger partial charge in [0.25, 0.3) is 5.89 Å². The molecule has 0 aliphatic heterocycles. The lowest BCUT2D eigenvalue weighted by Crippen LogP contribution is -2.01. The zero-order chi connectivity index (χ0) is 18.2. The average molecular weight is 349 g/mol. The van der Waals surface area contributed by atoms with E-state index in [0.717, 1.165) is 27.1 Å². The maximum absolute atomic E-state index is 12.8. The molecule has 3 heteroatoms. The van der Waals surface area contributed by atoms with Crippen molar-refractivity contribution >= 4 is 27.3 Å². The van der Waals surface area contributed by atoms with Gasteiger partial charge in [0.15, 0.2) is 5.76 Å². The molecule has 27 heavy (non-hydrogen) atoms. The lowest BCUT2D eigenvalue weighted by Gasteiger charge is -2.02. The number of carbonyl (C=O) groups is 1. The fourth-order valence-corrected chi connectivity index (χ4v) is 3.31. The SMILES string of the molecule is O=C(c1ccc2ccccc2c1)c1ncc(-c2ccc3ccccc3c2)o1. The summed E-state index contributed by atoms with van der Waals surface area (Å²) in [5, 5.41) is 4.39. The van der Waals surface area contributed by atoms with Gasteiger partial charge in [0.1, 0.15) is 0 Å². The number of rotatable bonds is 3. The molecule has 4 aromatic carbocycles. The van der Waals surface area contributed by atoms with E-state index in [-0.39, 0.29) is 11.7 Å². The molecular weight excluding hydrogens is 334 g/mol. The number of benzene rings is 4. The van der Waals surface area contributed by atoms with Crippen molar-refractivity contribution < 1.29 is 9.21 Å². The first-order valence-corrected chi connectivity index (χ1v) is 8.76. The number of nitrogens with zero attached hydrogens (tertiary/aromatic N) is 1. The molecular formula is C24H15NO2. The summed E-state index contributed by atoms with van der Waals surface area (Å²) in [4.78, 5) is 17.0. The van der Waals surface area contributed by atoms with E-state index in [0.29, 0.717) is 11.3 Å². The monoisotopic (exact) mass is 349 g/mol. The van der Waals surface area contributed by atoms with Crippen LogP contribution in [0.25, 0.3) is 32.9 Å². The number of aromatic nitrogens is 1. The highest BCUT2D eigenvalue weighted by molar-refractivity contribution is 6.08. The van der Waals surface area contributed by atoms with Crippen molar-refractivity contribution in [3.05, 3.63) is 103 Å². The molecule has 0 unspecified atom stereocenters. The summed E-state index contributed by atoms with van der Waals surface area (Å²) in [5.41, 5.74) is 1.47. The first-order chi connectivity index (χ1) is 13.3. The van der Waals surface area contributed by atoms with Crippen LogP contribution in [0.4, 0.5) is 0 Å². The van der Waals surface area contributed by atoms with Crippen LogP contribution in [0.5, 0.6) is 0 Å². The average Bonchev–Trinajstić information content (AvgIpc) is 3.23. The van der Waals surface area contributed by atoms with Crippen LogP contribution in [0, 0.1) is 0 Å². The van der Waals surface area contributed by atoms with Gasteiger partial charge in [-0.05, 0) is 33.7 Å². The van der Waals surface area contributed by atoms with Gasteiger partial charge in [-0.15, -0.1) is 0 Å². The molecule has 0 radical (unpaired) electrons. The van der Waals surface area contributed by atoms with E-state index in [1.807, 2.05) is 72.8 Å². The van der Waals surface area contributed by atoms with E-state index in [9.17, 15) is 4.79 Å². The largest absolute Gasteiger partial charge is 0.433 e. The Morgan fingerprint density at radius 2 is 1.33 bits per heavy atom. The van der Waals surface area contributed by atoms with Crippen molar-refractivity contribution in [2.45, 2.75) is 0 Å². The van der Waals surface area contributed by atoms with Gasteiger partial charge in [0.2, 0.25) is 5.78 Å². The van der Waals surface area contributed by atoms with Crippen LogP contribution in [0.15, 0.2) is 95.5 Å². The molecule has 0 bridgehead atoms. The summed E-state index contributed by atoms with van der Waals surface area (Å²) in [6.07, 6.45) is 1.61. The Labute approximate surface area is 155 Å². The fraction of sp³-hybridized carbons (Fsp3) is 0. The summed E-state index contributed by atoms with van der Waals surface area (Å²) < 4.78 is 5.79. The Morgan fingerprint density at radius 3 is 2.07 bits per heavy atom. The first-order valence-electron chi connectivity index (χ1n) is 8.76. The molecule has 3 nitrogen and oxygen atoms in total. The molecule has 0 fully saturated rings. The zero-order valence-corrected chi connectivity index (χ0v) is 14.4. The van der Waals surface area contributed by atoms with Gasteiger partial charge in [0, 0.05) is 11.1 Å². The normalized spacial score (nSPS) is 11.1. The minimum Gasteiger partial charge on any atom is -0.433 e. The number of hydrogen-bond acceptors (Lipinski definition) is 3. The second-order valence-corrected chi connectivity index (χ2v) is 6.48. The summed E-state index contributed by atoms with van der Waals surface area (Å²) >= 11 is 0. The van der Waals surface area contributed by atoms with E-state index >= 15 is 0 Å². The standard InChI is InChI=1S/C24H15NO2/c26-23(21-12-10-17-6-2-4-8-19(17)14-21)24-25-15-22(27-24)20-11-9-16-5-1-3-7-18(16)13-20/h1-15H. The van der Waals surface area contributed by atoms with Crippen molar-refractivity contribution in [2.24, 2.45) is 0 Å². The molecule has 1 heterocycles. The molecule has 5 rings (SSSR count). The van der Waals surface area contributed by atoms with Gasteiger partial charge in [-0.25, -0.2) is 4.98 Å². The maximum atomic E-state index is 12.8. The molecule has 0 amide bonds. The summed E-state index contributed by atoms with van der Waals surface area (Å²) in [5.74, 6) is 0.478. The number of fused-ring (bicyclic) bond motifs is 2. The minimum absolute atomic E-state index is 0.105. The summed E-state index contributed by atoms with van der Waals surface area (Å²) in [6.45, 7) is 0. The van der Waals surface area contributed by atoms with Crippen LogP contribution in [-0.2, 0) is 0 Å². The third-order valence-electron chi connectivity index (χ3n) is 4.75. The van der Waals surface area contributed by atoms with E-state index in [1.165, 1.54) is 0 Å². The topological polar surface area (TPSA) is 43.1 Å². The number of ketones is 1. The smallest absolute Gasteiger partial charge is 0.268 e. The van der Waals surface area contributed by atoms with Gasteiger partial charge in [0.05, 0.1) is 6.20 Å². The molecule has 0 saturated carbocycles. The Bertz CT molecular complexity index is 1300. The second kappa shape index (κ2) is 6.22. The summed E-state index contributed by atoms with van der Waals surface area (Å²) in [6, 6.07) is 27.8. The molecule has 128 valence electrons. The van der Waals surface area contributed by atoms with Gasteiger partial charge >= 0.3 is 0 Å². The van der Waals surface area contributed by atoms with Crippen LogP contribution in [0.1, 0.15) is 16.2 Å². The Hall–Kier alpha value is -3.72. The predicted octanol–water partition coefficient (Wildman–Crippen LogP) is 5.88. The van der Waals surface area contributed by atoms with Crippen molar-refractivity contribution in [1.29, 1.82) is 0 Å². The van der Waals surface area contributed by atoms with Crippen molar-refractivity contribution in [2.75, 3.05) is 0 Å². The number of hydrogen-bond donors (Lipinski definition) is 0. The first kappa shape index (κ1) is 15.5. The molecule has 1 aromatic heterocycles. The number of carbonyl (C=O) groups excluding carboxylic acids is 1. The molecule has 0 saturated heterocycles. The van der Waals surface area contributed by atoms with Crippen LogP contribution < -0.4 is 0 Å². The molecule has 0 N–H and O–H groups in total. The Balaban J connectivity index is 1.50. The van der Waals surface area contributed by atoms with Crippen LogP contribution >= 0.6 is 0 Å². The Morgan fingerprint density at radius 1 is 0.704 bits per heavy atom. The van der Waals surface area contributed by atoms with Gasteiger partial charge in [-0.1, -0.05) is 72.8 Å². The fourth-order valence-electron chi connectivity index (χ4n) is 3.31. The van der Waals surface area contributed by atoms with E-state index < -0.39 is 0 Å². The lowest BCUT2D eigenvalue weighted by molar-refractivity contribution is 0.100. The summed E-state index contributed by atoms with van der Waals surface area (Å²) in [7, 11) is 0. The third-order valence-corrected chi connectivity index (χ3v) is 4.75. The van der Waals surface area contributed by atoms with E-state index in [2.05, 4.69) is 17.1 Å². The van der Waals surface area contributed by atoms with Gasteiger partial charge in [-0.2, -0.15) is 0 Å². The van der Waals surface area contributed by atoms with Gasteiger partial charge in [-0.3, -0.25) is 4.79 Å². The van der Waals surface area contributed by atoms with Gasteiger partial charge < -0.3 is 4.42 Å². The van der Waals surface area contributed by atoms with Crippen LogP contribution in [0.2, 0.25) is 0 Å². The van der Waals surface area contributed by atoms with Crippen LogP contribution in [-0.4, -0.2) is 10.8 Å². The molecule has 0 aliphatic rings. The predicted molar refractivity (Wildman–Crippen MR) is 107 cm³/mol. The minimum atomic E-state index is -0.215. The maximum Gasteiger partial charge on any atom is 0.268 e.